The van der Waals surface area contributed by atoms with Crippen molar-refractivity contribution in [1.29, 1.82) is 0 Å². The van der Waals surface area contributed by atoms with E-state index in [0.29, 0.717) is 18.2 Å². The maximum Gasteiger partial charge on any atom is 0.354 e. The van der Waals surface area contributed by atoms with Gasteiger partial charge in [0.2, 0.25) is 0 Å². The molecule has 2 rings (SSSR count). The van der Waals surface area contributed by atoms with Gasteiger partial charge in [0.25, 0.3) is 0 Å². The van der Waals surface area contributed by atoms with E-state index in [-0.39, 0.29) is 5.97 Å². The number of hydrogen-bond acceptors (Lipinski definition) is 3. The number of para-hydroxylation sites is 1. The van der Waals surface area contributed by atoms with Crippen LogP contribution in [0.2, 0.25) is 0 Å². The SMILES string of the molecule is COC(=O)c1ccc(CNc2ccccc2C(C)C)[nH]1. The van der Waals surface area contributed by atoms with Crippen LogP contribution < -0.4 is 5.32 Å². The van der Waals surface area contributed by atoms with Gasteiger partial charge in [-0.3, -0.25) is 0 Å². The van der Waals surface area contributed by atoms with Crippen LogP contribution >= 0.6 is 0 Å². The number of aromatic amines is 1. The fraction of sp³-hybridized carbons (Fsp3) is 0.312. The van der Waals surface area contributed by atoms with Crippen molar-refractivity contribution in [1.82, 2.24) is 4.98 Å². The van der Waals surface area contributed by atoms with Gasteiger partial charge >= 0.3 is 5.97 Å². The van der Waals surface area contributed by atoms with Gasteiger partial charge in [0.05, 0.1) is 13.7 Å². The molecule has 20 heavy (non-hydrogen) atoms. The summed E-state index contributed by atoms with van der Waals surface area (Å²) in [6.45, 7) is 4.98. The Bertz CT molecular complexity index is 588. The summed E-state index contributed by atoms with van der Waals surface area (Å²) in [6.07, 6.45) is 0. The molecule has 106 valence electrons. The lowest BCUT2D eigenvalue weighted by Crippen LogP contribution is -2.05. The Balaban J connectivity index is 2.06. The number of H-pyrrole nitrogens is 1. The molecule has 0 aliphatic heterocycles. The van der Waals surface area contributed by atoms with Crippen LogP contribution in [0.4, 0.5) is 5.69 Å². The monoisotopic (exact) mass is 272 g/mol. The topological polar surface area (TPSA) is 54.1 Å². The van der Waals surface area contributed by atoms with Crippen molar-refractivity contribution in [2.75, 3.05) is 12.4 Å². The molecule has 0 bridgehead atoms. The number of rotatable bonds is 5. The molecule has 0 amide bonds. The summed E-state index contributed by atoms with van der Waals surface area (Å²) in [5.41, 5.74) is 3.83. The van der Waals surface area contributed by atoms with Crippen LogP contribution in [0.15, 0.2) is 36.4 Å². The van der Waals surface area contributed by atoms with E-state index in [1.807, 2.05) is 18.2 Å². The number of methoxy groups -OCH3 is 1. The highest BCUT2D eigenvalue weighted by atomic mass is 16.5. The standard InChI is InChI=1S/C16H20N2O2/c1-11(2)13-6-4-5-7-14(13)17-10-12-8-9-15(18-12)16(19)20-3/h4-9,11,17-18H,10H2,1-3H3. The molecule has 0 aliphatic rings. The number of aromatic nitrogens is 1. The van der Waals surface area contributed by atoms with Gasteiger partial charge in [-0.1, -0.05) is 32.0 Å². The van der Waals surface area contributed by atoms with E-state index in [0.717, 1.165) is 11.4 Å². The number of carbonyl (C=O) groups excluding carboxylic acids is 1. The summed E-state index contributed by atoms with van der Waals surface area (Å²) in [7, 11) is 1.37. The molecular weight excluding hydrogens is 252 g/mol. The molecule has 0 aliphatic carbocycles. The third kappa shape index (κ3) is 3.20. The molecule has 0 radical (unpaired) electrons. The number of esters is 1. The Hall–Kier alpha value is -2.23. The lowest BCUT2D eigenvalue weighted by atomic mass is 10.0. The summed E-state index contributed by atoms with van der Waals surface area (Å²) >= 11 is 0. The van der Waals surface area contributed by atoms with Crippen molar-refractivity contribution in [3.05, 3.63) is 53.3 Å². The third-order valence-electron chi connectivity index (χ3n) is 3.20. The Labute approximate surface area is 119 Å². The van der Waals surface area contributed by atoms with Gasteiger partial charge < -0.3 is 15.0 Å². The van der Waals surface area contributed by atoms with E-state index in [1.165, 1.54) is 12.7 Å². The summed E-state index contributed by atoms with van der Waals surface area (Å²) in [6, 6.07) is 11.9. The van der Waals surface area contributed by atoms with Gasteiger partial charge in [0, 0.05) is 11.4 Å². The van der Waals surface area contributed by atoms with E-state index in [9.17, 15) is 4.79 Å². The second-order valence-corrected chi connectivity index (χ2v) is 4.98. The molecular formula is C16H20N2O2. The van der Waals surface area contributed by atoms with E-state index in [1.54, 1.807) is 6.07 Å². The Morgan fingerprint density at radius 3 is 2.70 bits per heavy atom. The molecule has 4 nitrogen and oxygen atoms in total. The first-order valence-electron chi connectivity index (χ1n) is 6.71. The minimum absolute atomic E-state index is 0.348. The predicted octanol–water partition coefficient (Wildman–Crippen LogP) is 3.54. The second kappa shape index (κ2) is 6.28. The largest absolute Gasteiger partial charge is 0.464 e. The minimum Gasteiger partial charge on any atom is -0.464 e. The van der Waals surface area contributed by atoms with E-state index in [4.69, 9.17) is 0 Å². The number of ether oxygens (including phenoxy) is 1. The summed E-state index contributed by atoms with van der Waals surface area (Å²) in [5, 5.41) is 3.40. The van der Waals surface area contributed by atoms with Crippen molar-refractivity contribution in [2.24, 2.45) is 0 Å². The molecule has 4 heteroatoms. The highest BCUT2D eigenvalue weighted by molar-refractivity contribution is 5.87. The van der Waals surface area contributed by atoms with Gasteiger partial charge in [-0.15, -0.1) is 0 Å². The zero-order valence-corrected chi connectivity index (χ0v) is 12.1. The molecule has 0 atom stereocenters. The van der Waals surface area contributed by atoms with E-state index in [2.05, 4.69) is 41.0 Å². The van der Waals surface area contributed by atoms with E-state index < -0.39 is 0 Å². The maximum atomic E-state index is 11.4. The molecule has 0 unspecified atom stereocenters. The molecule has 2 aromatic rings. The van der Waals surface area contributed by atoms with E-state index >= 15 is 0 Å². The van der Waals surface area contributed by atoms with Gasteiger partial charge in [-0.05, 0) is 29.7 Å². The second-order valence-electron chi connectivity index (χ2n) is 4.98. The van der Waals surface area contributed by atoms with Crippen molar-refractivity contribution in [3.63, 3.8) is 0 Å². The van der Waals surface area contributed by atoms with Crippen LogP contribution in [-0.2, 0) is 11.3 Å². The Kier molecular flexibility index (Phi) is 4.45. The fourth-order valence-electron chi connectivity index (χ4n) is 2.12. The highest BCUT2D eigenvalue weighted by Gasteiger charge is 2.09. The van der Waals surface area contributed by atoms with Crippen molar-refractivity contribution in [3.8, 4) is 0 Å². The molecule has 1 aromatic heterocycles. The number of benzene rings is 1. The number of carbonyl (C=O) groups is 1. The van der Waals surface area contributed by atoms with Crippen LogP contribution in [0.5, 0.6) is 0 Å². The summed E-state index contributed by atoms with van der Waals surface area (Å²) in [4.78, 5) is 14.4. The number of nitrogens with one attached hydrogen (secondary N) is 2. The quantitative estimate of drug-likeness (QED) is 0.819. The van der Waals surface area contributed by atoms with Crippen molar-refractivity contribution < 1.29 is 9.53 Å². The molecule has 0 spiro atoms. The first kappa shape index (κ1) is 14.2. The summed E-state index contributed by atoms with van der Waals surface area (Å²) in [5.74, 6) is 0.117. The number of hydrogen-bond donors (Lipinski definition) is 2. The van der Waals surface area contributed by atoms with Gasteiger partial charge in [0.1, 0.15) is 5.69 Å². The van der Waals surface area contributed by atoms with Gasteiger partial charge in [-0.25, -0.2) is 4.79 Å². The van der Waals surface area contributed by atoms with Crippen LogP contribution in [0.1, 0.15) is 41.5 Å². The van der Waals surface area contributed by atoms with Crippen molar-refractivity contribution >= 4 is 11.7 Å². The molecule has 1 aromatic carbocycles. The normalized spacial score (nSPS) is 10.6. The van der Waals surface area contributed by atoms with Gasteiger partial charge in [0.15, 0.2) is 0 Å². The summed E-state index contributed by atoms with van der Waals surface area (Å²) < 4.78 is 4.67. The lowest BCUT2D eigenvalue weighted by molar-refractivity contribution is 0.0594. The number of anilines is 1. The fourth-order valence-corrected chi connectivity index (χ4v) is 2.12. The molecule has 0 saturated heterocycles. The molecule has 1 heterocycles. The minimum atomic E-state index is -0.348. The van der Waals surface area contributed by atoms with Gasteiger partial charge in [-0.2, -0.15) is 0 Å². The zero-order valence-electron chi connectivity index (χ0n) is 12.1. The van der Waals surface area contributed by atoms with Crippen molar-refractivity contribution in [2.45, 2.75) is 26.3 Å². The van der Waals surface area contributed by atoms with Crippen LogP contribution in [0, 0.1) is 0 Å². The lowest BCUT2D eigenvalue weighted by Gasteiger charge is -2.14. The average Bonchev–Trinajstić information content (AvgIpc) is 2.93. The average molecular weight is 272 g/mol. The smallest absolute Gasteiger partial charge is 0.354 e. The molecule has 0 fully saturated rings. The van der Waals surface area contributed by atoms with Crippen LogP contribution in [-0.4, -0.2) is 18.1 Å². The molecule has 0 saturated carbocycles. The Morgan fingerprint density at radius 2 is 2.00 bits per heavy atom. The third-order valence-corrected chi connectivity index (χ3v) is 3.20. The predicted molar refractivity (Wildman–Crippen MR) is 80.0 cm³/mol. The first-order chi connectivity index (χ1) is 9.61. The zero-order chi connectivity index (χ0) is 14.5. The Morgan fingerprint density at radius 1 is 1.25 bits per heavy atom. The first-order valence-corrected chi connectivity index (χ1v) is 6.71. The maximum absolute atomic E-state index is 11.4. The molecule has 2 N–H and O–H groups in total. The van der Waals surface area contributed by atoms with Crippen LogP contribution in [0.25, 0.3) is 0 Å². The van der Waals surface area contributed by atoms with Crippen LogP contribution in [0.3, 0.4) is 0 Å². The highest BCUT2D eigenvalue weighted by Crippen LogP contribution is 2.24.